The lowest BCUT2D eigenvalue weighted by atomic mass is 10.2. The summed E-state index contributed by atoms with van der Waals surface area (Å²) in [7, 11) is -1.95. The monoisotopic (exact) mass is 441 g/mol. The fourth-order valence-electron chi connectivity index (χ4n) is 2.88. The molecule has 0 bridgehead atoms. The van der Waals surface area contributed by atoms with Gasteiger partial charge >= 0.3 is 0 Å². The molecule has 0 spiro atoms. The maximum absolute atomic E-state index is 13.2. The molecule has 1 fully saturated rings. The third kappa shape index (κ3) is 3.74. The van der Waals surface area contributed by atoms with Crippen LogP contribution in [-0.4, -0.2) is 32.1 Å². The molecule has 4 nitrogen and oxygen atoms in total. The van der Waals surface area contributed by atoms with Gasteiger partial charge in [0.05, 0.1) is 17.4 Å². The summed E-state index contributed by atoms with van der Waals surface area (Å²) < 4.78 is 34.3. The second kappa shape index (κ2) is 7.70. The fourth-order valence-corrected chi connectivity index (χ4v) is 6.50. The average Bonchev–Trinajstić information content (AvgIpc) is 3.12. The van der Waals surface area contributed by atoms with E-state index in [4.69, 9.17) is 4.74 Å². The van der Waals surface area contributed by atoms with Crippen LogP contribution in [0, 0.1) is 0 Å². The van der Waals surface area contributed by atoms with E-state index in [0.29, 0.717) is 17.2 Å². The van der Waals surface area contributed by atoms with Gasteiger partial charge in [-0.2, -0.15) is 4.31 Å². The van der Waals surface area contributed by atoms with Gasteiger partial charge in [0.25, 0.3) is 0 Å². The number of rotatable bonds is 5. The molecule has 134 valence electrons. The molecule has 0 N–H and O–H groups in total. The highest BCUT2D eigenvalue weighted by Crippen LogP contribution is 2.45. The molecule has 25 heavy (non-hydrogen) atoms. The van der Waals surface area contributed by atoms with Crippen LogP contribution in [0.4, 0.5) is 0 Å². The largest absolute Gasteiger partial charge is 0.496 e. The van der Waals surface area contributed by atoms with E-state index in [1.54, 1.807) is 35.3 Å². The molecule has 1 aliphatic rings. The first-order valence-corrected chi connectivity index (χ1v) is 11.3. The molecule has 1 heterocycles. The number of aryl methyl sites for hydroxylation is 1. The fraction of sp³-hybridized carbons (Fsp3) is 0.333. The number of thioether (sulfide) groups is 1. The molecule has 2 aromatic rings. The Bertz CT molecular complexity index is 853. The SMILES string of the molecule is CCc1ccc(S(=O)(=O)N2CCSC2c2cc(Br)ccc2OC)cc1. The van der Waals surface area contributed by atoms with Crippen LogP contribution in [0.2, 0.25) is 0 Å². The molecule has 3 rings (SSSR count). The van der Waals surface area contributed by atoms with Crippen LogP contribution < -0.4 is 4.74 Å². The zero-order valence-corrected chi connectivity index (χ0v) is 17.3. The van der Waals surface area contributed by atoms with E-state index in [0.717, 1.165) is 27.8 Å². The van der Waals surface area contributed by atoms with Gasteiger partial charge in [-0.15, -0.1) is 11.8 Å². The Balaban J connectivity index is 1.99. The van der Waals surface area contributed by atoms with Crippen LogP contribution in [0.3, 0.4) is 0 Å². The van der Waals surface area contributed by atoms with Gasteiger partial charge in [0.1, 0.15) is 5.75 Å². The van der Waals surface area contributed by atoms with Crippen molar-refractivity contribution in [1.29, 1.82) is 0 Å². The van der Waals surface area contributed by atoms with Gasteiger partial charge in [-0.05, 0) is 42.3 Å². The Morgan fingerprint density at radius 2 is 1.96 bits per heavy atom. The summed E-state index contributed by atoms with van der Waals surface area (Å²) in [6.07, 6.45) is 0.887. The van der Waals surface area contributed by atoms with E-state index in [1.807, 2.05) is 30.3 Å². The Kier molecular flexibility index (Phi) is 5.78. The molecule has 0 aliphatic carbocycles. The predicted octanol–water partition coefficient (Wildman–Crippen LogP) is 4.46. The molecule has 1 aliphatic heterocycles. The van der Waals surface area contributed by atoms with Crippen molar-refractivity contribution in [3.05, 3.63) is 58.1 Å². The van der Waals surface area contributed by atoms with E-state index in [1.165, 1.54) is 0 Å². The molecular weight excluding hydrogens is 422 g/mol. The lowest BCUT2D eigenvalue weighted by Gasteiger charge is -2.25. The number of hydrogen-bond acceptors (Lipinski definition) is 4. The Hall–Kier alpha value is -1.02. The van der Waals surface area contributed by atoms with Crippen molar-refractivity contribution in [3.63, 3.8) is 0 Å². The normalized spacial score (nSPS) is 18.4. The summed E-state index contributed by atoms with van der Waals surface area (Å²) in [5.41, 5.74) is 1.99. The van der Waals surface area contributed by atoms with Crippen molar-refractivity contribution in [2.75, 3.05) is 19.4 Å². The number of hydrogen-bond donors (Lipinski definition) is 0. The van der Waals surface area contributed by atoms with Crippen molar-refractivity contribution >= 4 is 37.7 Å². The first-order valence-electron chi connectivity index (χ1n) is 8.03. The quantitative estimate of drug-likeness (QED) is 0.686. The zero-order valence-electron chi connectivity index (χ0n) is 14.1. The smallest absolute Gasteiger partial charge is 0.244 e. The van der Waals surface area contributed by atoms with Crippen LogP contribution in [0.15, 0.2) is 51.8 Å². The summed E-state index contributed by atoms with van der Waals surface area (Å²) in [5.74, 6) is 1.45. The lowest BCUT2D eigenvalue weighted by molar-refractivity contribution is 0.390. The van der Waals surface area contributed by atoms with Crippen LogP contribution in [0.25, 0.3) is 0 Å². The van der Waals surface area contributed by atoms with Crippen LogP contribution in [0.1, 0.15) is 23.4 Å². The number of sulfonamides is 1. The summed E-state index contributed by atoms with van der Waals surface area (Å²) in [4.78, 5) is 0.339. The number of methoxy groups -OCH3 is 1. The molecule has 1 saturated heterocycles. The number of halogens is 1. The van der Waals surface area contributed by atoms with Crippen molar-refractivity contribution in [2.45, 2.75) is 23.6 Å². The van der Waals surface area contributed by atoms with Gasteiger partial charge in [0, 0.05) is 22.3 Å². The zero-order chi connectivity index (χ0) is 18.0. The van der Waals surface area contributed by atoms with Crippen LogP contribution in [0.5, 0.6) is 5.75 Å². The first kappa shape index (κ1) is 18.8. The molecular formula is C18H20BrNO3S2. The van der Waals surface area contributed by atoms with Crippen molar-refractivity contribution < 1.29 is 13.2 Å². The Labute approximate surface area is 161 Å². The minimum absolute atomic E-state index is 0.289. The number of ether oxygens (including phenoxy) is 1. The molecule has 1 atom stereocenters. The van der Waals surface area contributed by atoms with Gasteiger partial charge in [0.15, 0.2) is 0 Å². The number of nitrogens with zero attached hydrogens (tertiary/aromatic N) is 1. The third-order valence-corrected chi connectivity index (χ3v) is 7.99. The summed E-state index contributed by atoms with van der Waals surface area (Å²) >= 11 is 5.09. The topological polar surface area (TPSA) is 46.6 Å². The number of benzene rings is 2. The van der Waals surface area contributed by atoms with Crippen molar-refractivity contribution in [2.24, 2.45) is 0 Å². The van der Waals surface area contributed by atoms with E-state index < -0.39 is 10.0 Å². The second-order valence-electron chi connectivity index (χ2n) is 5.72. The van der Waals surface area contributed by atoms with Crippen LogP contribution in [-0.2, 0) is 16.4 Å². The molecule has 0 saturated carbocycles. The molecule has 1 unspecified atom stereocenters. The molecule has 0 aromatic heterocycles. The van der Waals surface area contributed by atoms with E-state index in [9.17, 15) is 8.42 Å². The molecule has 2 aromatic carbocycles. The molecule has 0 amide bonds. The van der Waals surface area contributed by atoms with Crippen molar-refractivity contribution in [1.82, 2.24) is 4.31 Å². The van der Waals surface area contributed by atoms with Gasteiger partial charge in [-0.25, -0.2) is 8.42 Å². The molecule has 7 heteroatoms. The Morgan fingerprint density at radius 3 is 2.60 bits per heavy atom. The maximum atomic E-state index is 13.2. The van der Waals surface area contributed by atoms with E-state index in [-0.39, 0.29) is 5.37 Å². The molecule has 0 radical (unpaired) electrons. The minimum atomic E-state index is -3.56. The standard InChI is InChI=1S/C18H20BrNO3S2/c1-3-13-4-7-15(8-5-13)25(21,22)20-10-11-24-18(20)16-12-14(19)6-9-17(16)23-2/h4-9,12,18H,3,10-11H2,1-2H3. The van der Waals surface area contributed by atoms with Crippen LogP contribution >= 0.6 is 27.7 Å². The first-order chi connectivity index (χ1) is 12.0. The van der Waals surface area contributed by atoms with Gasteiger partial charge in [-0.3, -0.25) is 0 Å². The summed E-state index contributed by atoms with van der Waals surface area (Å²) in [5, 5.41) is -0.289. The third-order valence-electron chi connectivity index (χ3n) is 4.24. The summed E-state index contributed by atoms with van der Waals surface area (Å²) in [6.45, 7) is 2.54. The maximum Gasteiger partial charge on any atom is 0.244 e. The minimum Gasteiger partial charge on any atom is -0.496 e. The lowest BCUT2D eigenvalue weighted by Crippen LogP contribution is -2.30. The highest BCUT2D eigenvalue weighted by molar-refractivity contribution is 9.10. The summed E-state index contributed by atoms with van der Waals surface area (Å²) in [6, 6.07) is 12.8. The van der Waals surface area contributed by atoms with E-state index >= 15 is 0 Å². The Morgan fingerprint density at radius 1 is 1.24 bits per heavy atom. The average molecular weight is 442 g/mol. The highest BCUT2D eigenvalue weighted by Gasteiger charge is 2.38. The van der Waals surface area contributed by atoms with Gasteiger partial charge in [-0.1, -0.05) is 35.0 Å². The van der Waals surface area contributed by atoms with Gasteiger partial charge in [0.2, 0.25) is 10.0 Å². The van der Waals surface area contributed by atoms with E-state index in [2.05, 4.69) is 22.9 Å². The predicted molar refractivity (Wildman–Crippen MR) is 106 cm³/mol. The highest BCUT2D eigenvalue weighted by atomic mass is 79.9. The van der Waals surface area contributed by atoms with Crippen molar-refractivity contribution in [3.8, 4) is 5.75 Å². The van der Waals surface area contributed by atoms with Gasteiger partial charge < -0.3 is 4.74 Å². The second-order valence-corrected chi connectivity index (χ2v) is 9.72.